The Kier molecular flexibility index (Phi) is 7.81. The molecule has 0 aliphatic heterocycles. The Morgan fingerprint density at radius 1 is 1.09 bits per heavy atom. The summed E-state index contributed by atoms with van der Waals surface area (Å²) in [6, 6.07) is 11.3. The average Bonchev–Trinajstić information content (AvgIpc) is 3.20. The number of unbranched alkanes of at least 4 members (excludes halogenated alkanes) is 1. The van der Waals surface area contributed by atoms with Crippen LogP contribution < -0.4 is 20.1 Å². The van der Waals surface area contributed by atoms with Gasteiger partial charge in [-0.15, -0.1) is 5.10 Å². The summed E-state index contributed by atoms with van der Waals surface area (Å²) in [5.74, 6) is 0.929. The summed E-state index contributed by atoms with van der Waals surface area (Å²) in [7, 11) is 3.17. The van der Waals surface area contributed by atoms with Crippen molar-refractivity contribution in [2.45, 2.75) is 52.9 Å². The maximum atomic E-state index is 13.1. The van der Waals surface area contributed by atoms with Crippen LogP contribution in [0.3, 0.4) is 0 Å². The molecular formula is C26H35N5O3. The average molecular weight is 466 g/mol. The molecule has 0 aliphatic carbocycles. The van der Waals surface area contributed by atoms with Crippen molar-refractivity contribution in [3.8, 4) is 17.2 Å². The SMILES string of the molecule is CCCCNc1ccc(NC(=O)c2nnn(-c3cc(OC)ccc3OC)c2C)cc1C(C)(C)C. The van der Waals surface area contributed by atoms with Crippen LogP contribution in [-0.2, 0) is 5.41 Å². The number of nitrogens with one attached hydrogen (secondary N) is 2. The molecule has 8 nitrogen and oxygen atoms in total. The molecule has 0 fully saturated rings. The van der Waals surface area contributed by atoms with E-state index in [2.05, 4.69) is 48.6 Å². The van der Waals surface area contributed by atoms with Gasteiger partial charge in [-0.1, -0.05) is 39.3 Å². The van der Waals surface area contributed by atoms with Crippen LogP contribution in [0.4, 0.5) is 11.4 Å². The second-order valence-electron chi connectivity index (χ2n) is 9.22. The normalized spacial score (nSPS) is 11.3. The minimum absolute atomic E-state index is 0.0861. The molecule has 3 rings (SSSR count). The summed E-state index contributed by atoms with van der Waals surface area (Å²) in [4.78, 5) is 13.1. The maximum absolute atomic E-state index is 13.1. The molecule has 0 aliphatic rings. The first-order valence-electron chi connectivity index (χ1n) is 11.5. The molecule has 0 atom stereocenters. The van der Waals surface area contributed by atoms with E-state index in [1.165, 1.54) is 0 Å². The van der Waals surface area contributed by atoms with Gasteiger partial charge in [0.05, 0.1) is 19.9 Å². The standard InChI is InChI=1S/C26H35N5O3/c1-8-9-14-27-21-12-10-18(15-20(21)26(3,4)5)28-25(32)24-17(2)31(30-29-24)22-16-19(33-6)11-13-23(22)34-7/h10-13,15-16,27H,8-9,14H2,1-7H3,(H,28,32). The Balaban J connectivity index is 1.88. The molecule has 2 aromatic carbocycles. The van der Waals surface area contributed by atoms with E-state index in [1.54, 1.807) is 44.0 Å². The van der Waals surface area contributed by atoms with Crippen molar-refractivity contribution in [3.05, 3.63) is 53.3 Å². The number of carbonyl (C=O) groups is 1. The van der Waals surface area contributed by atoms with Crippen LogP contribution in [0.1, 0.15) is 62.3 Å². The fourth-order valence-electron chi connectivity index (χ4n) is 3.72. The third-order valence-electron chi connectivity index (χ3n) is 5.66. The zero-order chi connectivity index (χ0) is 24.9. The second kappa shape index (κ2) is 10.6. The number of ether oxygens (including phenoxy) is 2. The van der Waals surface area contributed by atoms with E-state index in [4.69, 9.17) is 9.47 Å². The minimum atomic E-state index is -0.322. The lowest BCUT2D eigenvalue weighted by molar-refractivity contribution is 0.102. The molecule has 34 heavy (non-hydrogen) atoms. The van der Waals surface area contributed by atoms with Crippen LogP contribution in [0.15, 0.2) is 36.4 Å². The summed E-state index contributed by atoms with van der Waals surface area (Å²) >= 11 is 0. The van der Waals surface area contributed by atoms with Crippen LogP contribution in [0.5, 0.6) is 11.5 Å². The van der Waals surface area contributed by atoms with Crippen molar-refractivity contribution in [2.24, 2.45) is 0 Å². The van der Waals surface area contributed by atoms with E-state index in [9.17, 15) is 4.79 Å². The predicted octanol–water partition coefficient (Wildman–Crippen LogP) is 5.35. The highest BCUT2D eigenvalue weighted by atomic mass is 16.5. The summed E-state index contributed by atoms with van der Waals surface area (Å²) in [6.45, 7) is 11.4. The molecule has 2 N–H and O–H groups in total. The summed E-state index contributed by atoms with van der Waals surface area (Å²) in [5.41, 5.74) is 4.34. The van der Waals surface area contributed by atoms with E-state index in [0.29, 0.717) is 28.6 Å². The fourth-order valence-corrected chi connectivity index (χ4v) is 3.72. The monoisotopic (exact) mass is 465 g/mol. The van der Waals surface area contributed by atoms with Gasteiger partial charge < -0.3 is 20.1 Å². The van der Waals surface area contributed by atoms with Gasteiger partial charge in [-0.3, -0.25) is 4.79 Å². The molecule has 0 spiro atoms. The molecule has 0 bridgehead atoms. The molecule has 0 radical (unpaired) electrons. The number of aromatic nitrogens is 3. The van der Waals surface area contributed by atoms with Gasteiger partial charge in [-0.25, -0.2) is 4.68 Å². The van der Waals surface area contributed by atoms with Crippen LogP contribution >= 0.6 is 0 Å². The van der Waals surface area contributed by atoms with Crippen molar-refractivity contribution in [3.63, 3.8) is 0 Å². The van der Waals surface area contributed by atoms with Crippen molar-refractivity contribution in [1.29, 1.82) is 0 Å². The number of methoxy groups -OCH3 is 2. The molecule has 1 amide bonds. The van der Waals surface area contributed by atoms with Gasteiger partial charge in [0.25, 0.3) is 5.91 Å². The first-order valence-corrected chi connectivity index (χ1v) is 11.5. The van der Waals surface area contributed by atoms with Crippen molar-refractivity contribution in [2.75, 3.05) is 31.4 Å². The van der Waals surface area contributed by atoms with Crippen LogP contribution in [0.2, 0.25) is 0 Å². The number of amides is 1. The Morgan fingerprint density at radius 3 is 2.50 bits per heavy atom. The number of hydrogen-bond donors (Lipinski definition) is 2. The number of anilines is 2. The molecule has 1 heterocycles. The summed E-state index contributed by atoms with van der Waals surface area (Å²) in [6.07, 6.45) is 2.24. The zero-order valence-corrected chi connectivity index (χ0v) is 21.2. The molecule has 0 unspecified atom stereocenters. The highest BCUT2D eigenvalue weighted by Gasteiger charge is 2.22. The van der Waals surface area contributed by atoms with Gasteiger partial charge in [0, 0.05) is 24.0 Å². The van der Waals surface area contributed by atoms with Crippen LogP contribution in [0.25, 0.3) is 5.69 Å². The van der Waals surface area contributed by atoms with E-state index in [-0.39, 0.29) is 17.0 Å². The van der Waals surface area contributed by atoms with Crippen molar-refractivity contribution >= 4 is 17.3 Å². The molecule has 3 aromatic rings. The van der Waals surface area contributed by atoms with Gasteiger partial charge in [-0.2, -0.15) is 0 Å². The Bertz CT molecular complexity index is 1150. The van der Waals surface area contributed by atoms with Crippen molar-refractivity contribution < 1.29 is 14.3 Å². The fraction of sp³-hybridized carbons (Fsp3) is 0.423. The molecule has 1 aromatic heterocycles. The van der Waals surface area contributed by atoms with Gasteiger partial charge in [0.15, 0.2) is 5.69 Å². The molecule has 8 heteroatoms. The molecule has 0 saturated heterocycles. The third-order valence-corrected chi connectivity index (χ3v) is 5.66. The topological polar surface area (TPSA) is 90.3 Å². The molecule has 0 saturated carbocycles. The molecule has 182 valence electrons. The lowest BCUT2D eigenvalue weighted by atomic mass is 9.85. The largest absolute Gasteiger partial charge is 0.497 e. The van der Waals surface area contributed by atoms with Gasteiger partial charge in [0.1, 0.15) is 17.2 Å². The number of hydrogen-bond acceptors (Lipinski definition) is 6. The van der Waals surface area contributed by atoms with E-state index < -0.39 is 0 Å². The van der Waals surface area contributed by atoms with Gasteiger partial charge in [-0.05, 0) is 54.7 Å². The first kappa shape index (κ1) is 25.1. The van der Waals surface area contributed by atoms with Gasteiger partial charge in [0.2, 0.25) is 0 Å². The minimum Gasteiger partial charge on any atom is -0.497 e. The van der Waals surface area contributed by atoms with Crippen LogP contribution in [0, 0.1) is 6.92 Å². The van der Waals surface area contributed by atoms with Crippen LogP contribution in [-0.4, -0.2) is 41.7 Å². The Hall–Kier alpha value is -3.55. The zero-order valence-electron chi connectivity index (χ0n) is 21.2. The summed E-state index contributed by atoms with van der Waals surface area (Å²) in [5, 5.41) is 14.9. The highest BCUT2D eigenvalue weighted by molar-refractivity contribution is 6.03. The smallest absolute Gasteiger partial charge is 0.278 e. The lowest BCUT2D eigenvalue weighted by Crippen LogP contribution is -2.18. The number of nitrogens with zero attached hydrogens (tertiary/aromatic N) is 3. The Morgan fingerprint density at radius 2 is 1.85 bits per heavy atom. The van der Waals surface area contributed by atoms with Crippen molar-refractivity contribution in [1.82, 2.24) is 15.0 Å². The molecular weight excluding hydrogens is 430 g/mol. The predicted molar refractivity (Wildman–Crippen MR) is 136 cm³/mol. The quantitative estimate of drug-likeness (QED) is 0.414. The van der Waals surface area contributed by atoms with E-state index in [1.807, 2.05) is 18.2 Å². The number of carbonyl (C=O) groups excluding carboxylic acids is 1. The summed E-state index contributed by atoms with van der Waals surface area (Å²) < 4.78 is 12.4. The first-order chi connectivity index (χ1) is 16.2. The lowest BCUT2D eigenvalue weighted by Gasteiger charge is -2.24. The van der Waals surface area contributed by atoms with E-state index >= 15 is 0 Å². The van der Waals surface area contributed by atoms with Gasteiger partial charge >= 0.3 is 0 Å². The second-order valence-corrected chi connectivity index (χ2v) is 9.22. The Labute approximate surface area is 201 Å². The highest BCUT2D eigenvalue weighted by Crippen LogP contribution is 2.33. The third kappa shape index (κ3) is 5.50. The van der Waals surface area contributed by atoms with E-state index in [0.717, 1.165) is 30.6 Å². The number of benzene rings is 2. The number of rotatable bonds is 9. The maximum Gasteiger partial charge on any atom is 0.278 e.